The van der Waals surface area contributed by atoms with Crippen molar-refractivity contribution in [2.45, 2.75) is 31.9 Å². The van der Waals surface area contributed by atoms with E-state index in [0.29, 0.717) is 18.4 Å². The summed E-state index contributed by atoms with van der Waals surface area (Å²) >= 11 is 0. The van der Waals surface area contributed by atoms with Crippen molar-refractivity contribution in [1.29, 1.82) is 0 Å². The van der Waals surface area contributed by atoms with Gasteiger partial charge in [-0.15, -0.1) is 0 Å². The van der Waals surface area contributed by atoms with Crippen molar-refractivity contribution in [2.75, 3.05) is 25.1 Å². The lowest BCUT2D eigenvalue weighted by atomic mass is 10.00. The highest BCUT2D eigenvalue weighted by atomic mass is 16.5. The summed E-state index contributed by atoms with van der Waals surface area (Å²) in [5, 5.41) is 3.80. The Hall–Kier alpha value is -1.14. The van der Waals surface area contributed by atoms with Gasteiger partial charge in [0.05, 0.1) is 6.10 Å². The first-order chi connectivity index (χ1) is 7.74. The minimum atomic E-state index is 0.221. The number of hydrogen-bond donors (Lipinski definition) is 1. The van der Waals surface area contributed by atoms with Gasteiger partial charge in [-0.2, -0.15) is 4.98 Å². The molecule has 2 N–H and O–H groups in total. The van der Waals surface area contributed by atoms with Crippen LogP contribution in [-0.2, 0) is 4.74 Å². The molecule has 0 radical (unpaired) electrons. The maximum absolute atomic E-state index is 5.77. The number of aryl methyl sites for hydroxylation is 1. The summed E-state index contributed by atoms with van der Waals surface area (Å²) in [6.45, 7) is 3.23. The third-order valence-electron chi connectivity index (χ3n) is 3.04. The topological polar surface area (TPSA) is 77.4 Å². The molecular weight excluding hydrogens is 208 g/mol. The van der Waals surface area contributed by atoms with E-state index in [9.17, 15) is 0 Å². The summed E-state index contributed by atoms with van der Waals surface area (Å²) in [6.07, 6.45) is 2.16. The van der Waals surface area contributed by atoms with Crippen LogP contribution in [0.15, 0.2) is 4.52 Å². The maximum atomic E-state index is 5.77. The van der Waals surface area contributed by atoms with Crippen LogP contribution >= 0.6 is 0 Å². The van der Waals surface area contributed by atoms with Crippen molar-refractivity contribution in [3.63, 3.8) is 0 Å². The standard InChI is InChI=1S/C10H18N4O2/c1-7-12-10(16-13-7)14-4-3-9(15-2)5-8(14)6-11/h8-9H,3-6,11H2,1-2H3. The van der Waals surface area contributed by atoms with Gasteiger partial charge in [0.1, 0.15) is 0 Å². The second-order valence-corrected chi connectivity index (χ2v) is 4.09. The smallest absolute Gasteiger partial charge is 0.324 e. The van der Waals surface area contributed by atoms with E-state index in [4.69, 9.17) is 15.0 Å². The van der Waals surface area contributed by atoms with Crippen molar-refractivity contribution < 1.29 is 9.26 Å². The molecule has 0 bridgehead atoms. The Kier molecular flexibility index (Phi) is 3.40. The van der Waals surface area contributed by atoms with Gasteiger partial charge in [-0.05, 0) is 19.8 Å². The van der Waals surface area contributed by atoms with E-state index in [2.05, 4.69) is 15.0 Å². The highest BCUT2D eigenvalue weighted by Gasteiger charge is 2.30. The molecule has 0 aliphatic carbocycles. The number of aromatic nitrogens is 2. The average Bonchev–Trinajstić information content (AvgIpc) is 2.74. The van der Waals surface area contributed by atoms with Crippen molar-refractivity contribution in [3.8, 4) is 0 Å². The molecule has 0 spiro atoms. The third-order valence-corrected chi connectivity index (χ3v) is 3.04. The summed E-state index contributed by atoms with van der Waals surface area (Å²) in [5.74, 6) is 0.652. The Balaban J connectivity index is 2.09. The Labute approximate surface area is 94.7 Å². The van der Waals surface area contributed by atoms with E-state index < -0.39 is 0 Å². The zero-order chi connectivity index (χ0) is 11.5. The Morgan fingerprint density at radius 2 is 2.44 bits per heavy atom. The Morgan fingerprint density at radius 1 is 1.62 bits per heavy atom. The molecule has 1 fully saturated rings. The number of methoxy groups -OCH3 is 1. The molecule has 2 rings (SSSR count). The normalized spacial score (nSPS) is 26.1. The monoisotopic (exact) mass is 226 g/mol. The van der Waals surface area contributed by atoms with E-state index in [0.717, 1.165) is 19.4 Å². The fraction of sp³-hybridized carbons (Fsp3) is 0.800. The molecule has 0 amide bonds. The molecule has 1 aromatic heterocycles. The van der Waals surface area contributed by atoms with Crippen LogP contribution in [0.25, 0.3) is 0 Å². The molecule has 1 aromatic rings. The molecule has 16 heavy (non-hydrogen) atoms. The Morgan fingerprint density at radius 3 is 3.00 bits per heavy atom. The summed E-state index contributed by atoms with van der Waals surface area (Å²) in [6, 6.07) is 0.793. The second kappa shape index (κ2) is 4.80. The summed E-state index contributed by atoms with van der Waals surface area (Å²) < 4.78 is 10.5. The Bertz CT molecular complexity index is 341. The molecule has 0 aromatic carbocycles. The van der Waals surface area contributed by atoms with Gasteiger partial charge in [0.15, 0.2) is 5.82 Å². The fourth-order valence-corrected chi connectivity index (χ4v) is 2.11. The maximum Gasteiger partial charge on any atom is 0.324 e. The van der Waals surface area contributed by atoms with E-state index in [1.807, 2.05) is 6.92 Å². The molecule has 1 aliphatic rings. The molecular formula is C10H18N4O2. The predicted molar refractivity (Wildman–Crippen MR) is 59.3 cm³/mol. The highest BCUT2D eigenvalue weighted by Crippen LogP contribution is 2.24. The SMILES string of the molecule is COC1CCN(c2nc(C)no2)C(CN)C1. The van der Waals surface area contributed by atoms with Crippen LogP contribution in [0.2, 0.25) is 0 Å². The molecule has 90 valence electrons. The van der Waals surface area contributed by atoms with Crippen LogP contribution in [0, 0.1) is 6.92 Å². The van der Waals surface area contributed by atoms with Gasteiger partial charge in [0, 0.05) is 26.2 Å². The number of hydrogen-bond acceptors (Lipinski definition) is 6. The van der Waals surface area contributed by atoms with Gasteiger partial charge in [-0.1, -0.05) is 5.16 Å². The molecule has 6 nitrogen and oxygen atoms in total. The van der Waals surface area contributed by atoms with Crippen LogP contribution < -0.4 is 10.6 Å². The van der Waals surface area contributed by atoms with E-state index in [-0.39, 0.29) is 12.1 Å². The van der Waals surface area contributed by atoms with Gasteiger partial charge in [-0.25, -0.2) is 0 Å². The van der Waals surface area contributed by atoms with Crippen LogP contribution in [0.3, 0.4) is 0 Å². The van der Waals surface area contributed by atoms with Crippen LogP contribution in [-0.4, -0.2) is 42.5 Å². The van der Waals surface area contributed by atoms with Gasteiger partial charge in [0.25, 0.3) is 0 Å². The molecule has 1 aliphatic heterocycles. The quantitative estimate of drug-likeness (QED) is 0.799. The lowest BCUT2D eigenvalue weighted by molar-refractivity contribution is 0.0695. The molecule has 6 heteroatoms. The minimum Gasteiger partial charge on any atom is -0.381 e. The lowest BCUT2D eigenvalue weighted by Crippen LogP contribution is -2.48. The fourth-order valence-electron chi connectivity index (χ4n) is 2.11. The number of piperidine rings is 1. The second-order valence-electron chi connectivity index (χ2n) is 4.09. The molecule has 1 saturated heterocycles. The van der Waals surface area contributed by atoms with Crippen LogP contribution in [0.1, 0.15) is 18.7 Å². The van der Waals surface area contributed by atoms with Gasteiger partial charge in [0.2, 0.25) is 0 Å². The van der Waals surface area contributed by atoms with Crippen molar-refractivity contribution >= 4 is 6.01 Å². The average molecular weight is 226 g/mol. The first kappa shape index (κ1) is 11.3. The van der Waals surface area contributed by atoms with E-state index >= 15 is 0 Å². The zero-order valence-corrected chi connectivity index (χ0v) is 9.72. The predicted octanol–water partition coefficient (Wildman–Crippen LogP) is 0.321. The van der Waals surface area contributed by atoms with Gasteiger partial charge >= 0.3 is 6.01 Å². The van der Waals surface area contributed by atoms with Gasteiger partial charge in [-0.3, -0.25) is 0 Å². The summed E-state index contributed by atoms with van der Waals surface area (Å²) in [7, 11) is 1.74. The highest BCUT2D eigenvalue weighted by molar-refractivity contribution is 5.28. The number of nitrogens with zero attached hydrogens (tertiary/aromatic N) is 3. The molecule has 2 atom stereocenters. The van der Waals surface area contributed by atoms with Crippen molar-refractivity contribution in [1.82, 2.24) is 10.1 Å². The number of nitrogens with two attached hydrogens (primary N) is 1. The van der Waals surface area contributed by atoms with Crippen molar-refractivity contribution in [2.24, 2.45) is 5.73 Å². The summed E-state index contributed by atoms with van der Waals surface area (Å²) in [5.41, 5.74) is 5.77. The number of anilines is 1. The molecule has 0 saturated carbocycles. The minimum absolute atomic E-state index is 0.221. The first-order valence-corrected chi connectivity index (χ1v) is 5.54. The molecule has 2 unspecified atom stereocenters. The van der Waals surface area contributed by atoms with Gasteiger partial charge < -0.3 is 19.9 Å². The molecule has 2 heterocycles. The third kappa shape index (κ3) is 2.17. The number of ether oxygens (including phenoxy) is 1. The lowest BCUT2D eigenvalue weighted by Gasteiger charge is -2.36. The van der Waals surface area contributed by atoms with Crippen molar-refractivity contribution in [3.05, 3.63) is 5.82 Å². The van der Waals surface area contributed by atoms with Crippen LogP contribution in [0.4, 0.5) is 6.01 Å². The first-order valence-electron chi connectivity index (χ1n) is 5.54. The van der Waals surface area contributed by atoms with E-state index in [1.54, 1.807) is 7.11 Å². The largest absolute Gasteiger partial charge is 0.381 e. The zero-order valence-electron chi connectivity index (χ0n) is 9.72. The van der Waals surface area contributed by atoms with Crippen LogP contribution in [0.5, 0.6) is 0 Å². The number of rotatable bonds is 3. The summed E-state index contributed by atoms with van der Waals surface area (Å²) in [4.78, 5) is 6.31. The van der Waals surface area contributed by atoms with E-state index in [1.165, 1.54) is 0 Å².